The number of amides is 1. The van der Waals surface area contributed by atoms with Gasteiger partial charge in [0.2, 0.25) is 0 Å². The minimum Gasteiger partial charge on any atom is -0.481 e. The molecule has 1 aromatic carbocycles. The molecule has 1 heterocycles. The molecule has 0 unspecified atom stereocenters. The van der Waals surface area contributed by atoms with Gasteiger partial charge < -0.3 is 9.94 Å². The van der Waals surface area contributed by atoms with E-state index in [0.717, 1.165) is 0 Å². The molecule has 0 aliphatic carbocycles. The number of ketones is 1. The fraction of sp³-hybridized carbons (Fsp3) is 0.0909. The summed E-state index contributed by atoms with van der Waals surface area (Å²) in [6.45, 7) is 0. The number of aliphatic carboxylic acids is 1. The van der Waals surface area contributed by atoms with Crippen LogP contribution >= 0.6 is 0 Å². The molecular formula is C11H7NO6. The van der Waals surface area contributed by atoms with Crippen molar-refractivity contribution in [1.29, 1.82) is 0 Å². The molecule has 7 nitrogen and oxygen atoms in total. The molecule has 92 valence electrons. The zero-order valence-corrected chi connectivity index (χ0v) is 8.95. The van der Waals surface area contributed by atoms with Crippen LogP contribution in [0.5, 0.6) is 0 Å². The van der Waals surface area contributed by atoms with Crippen LogP contribution in [0.1, 0.15) is 16.8 Å². The van der Waals surface area contributed by atoms with Crippen molar-refractivity contribution >= 4 is 29.3 Å². The van der Waals surface area contributed by atoms with E-state index in [1.165, 1.54) is 12.1 Å². The summed E-state index contributed by atoms with van der Waals surface area (Å²) in [5.41, 5.74) is 0.247. The van der Waals surface area contributed by atoms with E-state index in [-0.39, 0.29) is 11.3 Å². The predicted octanol–water partition coefficient (Wildman–Crippen LogP) is 0.149. The number of para-hydroxylation sites is 1. The molecule has 0 atom stereocenters. The first kappa shape index (κ1) is 11.8. The molecule has 0 saturated heterocycles. The first-order chi connectivity index (χ1) is 8.50. The van der Waals surface area contributed by atoms with E-state index in [9.17, 15) is 19.2 Å². The molecule has 1 N–H and O–H groups in total. The van der Waals surface area contributed by atoms with Crippen molar-refractivity contribution in [3.8, 4) is 0 Å². The van der Waals surface area contributed by atoms with Gasteiger partial charge in [-0.2, -0.15) is 0 Å². The number of carboxylic acids is 1. The Labute approximate surface area is 101 Å². The zero-order chi connectivity index (χ0) is 13.3. The van der Waals surface area contributed by atoms with E-state index in [0.29, 0.717) is 5.06 Å². The number of rotatable bonds is 3. The molecule has 0 bridgehead atoms. The smallest absolute Gasteiger partial charge is 0.344 e. The number of fused-ring (bicyclic) bond motifs is 1. The Kier molecular flexibility index (Phi) is 2.80. The topological polar surface area (TPSA) is 101 Å². The van der Waals surface area contributed by atoms with Crippen molar-refractivity contribution in [2.24, 2.45) is 0 Å². The predicted molar refractivity (Wildman–Crippen MR) is 56.6 cm³/mol. The van der Waals surface area contributed by atoms with Gasteiger partial charge in [-0.05, 0) is 12.1 Å². The standard InChI is InChI=1S/C11H7NO6/c13-8(14)5-9(15)18-12-7-4-2-1-3-6(7)10(16)11(12)17/h1-4H,5H2,(H,13,14). The number of Topliss-reactive ketones (excluding diaryl/α,β-unsaturated/α-hetero) is 1. The highest BCUT2D eigenvalue weighted by Crippen LogP contribution is 2.28. The minimum atomic E-state index is -1.38. The lowest BCUT2D eigenvalue weighted by atomic mass is 10.1. The second-order valence-corrected chi connectivity index (χ2v) is 3.48. The van der Waals surface area contributed by atoms with E-state index >= 15 is 0 Å². The lowest BCUT2D eigenvalue weighted by molar-refractivity contribution is -0.154. The maximum Gasteiger partial charge on any atom is 0.344 e. The fourth-order valence-electron chi connectivity index (χ4n) is 1.51. The number of hydrogen-bond donors (Lipinski definition) is 1. The summed E-state index contributed by atoms with van der Waals surface area (Å²) in [6, 6.07) is 5.96. The highest BCUT2D eigenvalue weighted by atomic mass is 16.7. The molecular weight excluding hydrogens is 242 g/mol. The largest absolute Gasteiger partial charge is 0.481 e. The molecule has 0 radical (unpaired) electrons. The highest BCUT2D eigenvalue weighted by molar-refractivity contribution is 6.51. The van der Waals surface area contributed by atoms with E-state index < -0.39 is 30.0 Å². The molecule has 1 aromatic rings. The van der Waals surface area contributed by atoms with Gasteiger partial charge in [0, 0.05) is 0 Å². The van der Waals surface area contributed by atoms with Gasteiger partial charge in [0.25, 0.3) is 5.78 Å². The summed E-state index contributed by atoms with van der Waals surface area (Å²) in [5, 5.41) is 8.92. The Morgan fingerprint density at radius 3 is 2.56 bits per heavy atom. The first-order valence-corrected chi connectivity index (χ1v) is 4.91. The third-order valence-electron chi connectivity index (χ3n) is 2.23. The Balaban J connectivity index is 2.24. The third kappa shape index (κ3) is 1.93. The van der Waals surface area contributed by atoms with Gasteiger partial charge >= 0.3 is 17.8 Å². The van der Waals surface area contributed by atoms with Crippen LogP contribution in [0.2, 0.25) is 0 Å². The van der Waals surface area contributed by atoms with Crippen molar-refractivity contribution < 1.29 is 29.1 Å². The molecule has 2 rings (SSSR count). The lowest BCUT2D eigenvalue weighted by Crippen LogP contribution is -2.33. The van der Waals surface area contributed by atoms with Crippen molar-refractivity contribution in [2.45, 2.75) is 6.42 Å². The van der Waals surface area contributed by atoms with Crippen molar-refractivity contribution in [3.63, 3.8) is 0 Å². The number of carbonyl (C=O) groups is 4. The summed E-state index contributed by atoms with van der Waals surface area (Å²) in [5.74, 6) is -4.32. The Hall–Kier alpha value is -2.70. The molecule has 0 fully saturated rings. The second kappa shape index (κ2) is 4.28. The molecule has 1 amide bonds. The second-order valence-electron chi connectivity index (χ2n) is 3.48. The van der Waals surface area contributed by atoms with Crippen molar-refractivity contribution in [1.82, 2.24) is 0 Å². The Morgan fingerprint density at radius 2 is 1.89 bits per heavy atom. The van der Waals surface area contributed by atoms with E-state index in [4.69, 9.17) is 5.11 Å². The normalized spacial score (nSPS) is 13.4. The number of carbonyl (C=O) groups excluding carboxylic acids is 3. The molecule has 0 aromatic heterocycles. The fourth-order valence-corrected chi connectivity index (χ4v) is 1.51. The average molecular weight is 249 g/mol. The maximum atomic E-state index is 11.5. The van der Waals surface area contributed by atoms with E-state index in [1.807, 2.05) is 0 Å². The zero-order valence-electron chi connectivity index (χ0n) is 8.95. The number of benzene rings is 1. The van der Waals surface area contributed by atoms with Crippen molar-refractivity contribution in [3.05, 3.63) is 29.8 Å². The van der Waals surface area contributed by atoms with Gasteiger partial charge in [-0.3, -0.25) is 14.4 Å². The Bertz CT molecular complexity index is 564. The van der Waals surface area contributed by atoms with Gasteiger partial charge in [-0.25, -0.2) is 4.79 Å². The van der Waals surface area contributed by atoms with E-state index in [2.05, 4.69) is 4.84 Å². The summed E-state index contributed by atoms with van der Waals surface area (Å²) < 4.78 is 0. The van der Waals surface area contributed by atoms with Gasteiger partial charge in [0.05, 0.1) is 11.3 Å². The van der Waals surface area contributed by atoms with Crippen molar-refractivity contribution in [2.75, 3.05) is 5.06 Å². The van der Waals surface area contributed by atoms with Gasteiger partial charge in [0.1, 0.15) is 6.42 Å². The Morgan fingerprint density at radius 1 is 1.22 bits per heavy atom. The summed E-state index contributed by atoms with van der Waals surface area (Å²) in [4.78, 5) is 49.1. The number of hydrogen-bond acceptors (Lipinski definition) is 5. The van der Waals surface area contributed by atoms with Crippen LogP contribution in [0.3, 0.4) is 0 Å². The summed E-state index contributed by atoms with van der Waals surface area (Å²) in [6.07, 6.45) is -0.889. The van der Waals surface area contributed by atoms with Crippen LogP contribution in [0, 0.1) is 0 Å². The quantitative estimate of drug-likeness (QED) is 0.604. The highest BCUT2D eigenvalue weighted by Gasteiger charge is 2.38. The number of nitrogens with zero attached hydrogens (tertiary/aromatic N) is 1. The maximum absolute atomic E-state index is 11.5. The minimum absolute atomic E-state index is 0.116. The van der Waals surface area contributed by atoms with E-state index in [1.54, 1.807) is 12.1 Å². The van der Waals surface area contributed by atoms with Gasteiger partial charge in [-0.1, -0.05) is 12.1 Å². The molecule has 0 spiro atoms. The summed E-state index contributed by atoms with van der Waals surface area (Å²) in [7, 11) is 0. The van der Waals surface area contributed by atoms with Gasteiger partial charge in [0.15, 0.2) is 0 Å². The third-order valence-corrected chi connectivity index (χ3v) is 2.23. The molecule has 0 saturated carbocycles. The van der Waals surface area contributed by atoms with Crippen LogP contribution in [-0.2, 0) is 19.2 Å². The SMILES string of the molecule is O=C(O)CC(=O)ON1C(=O)C(=O)c2ccccc21. The van der Waals surface area contributed by atoms with Gasteiger partial charge in [-0.15, -0.1) is 5.06 Å². The lowest BCUT2D eigenvalue weighted by Gasteiger charge is -2.14. The van der Waals surface area contributed by atoms with Crippen LogP contribution in [0.15, 0.2) is 24.3 Å². The number of hydroxylamine groups is 1. The molecule has 1 aliphatic heterocycles. The molecule has 1 aliphatic rings. The van der Waals surface area contributed by atoms with Crippen LogP contribution in [0.25, 0.3) is 0 Å². The monoisotopic (exact) mass is 249 g/mol. The van der Waals surface area contributed by atoms with Crippen LogP contribution in [-0.4, -0.2) is 28.7 Å². The number of carboxylic acid groups (broad SMARTS) is 1. The molecule has 7 heteroatoms. The first-order valence-electron chi connectivity index (χ1n) is 4.91. The summed E-state index contributed by atoms with van der Waals surface area (Å²) >= 11 is 0. The number of anilines is 1. The molecule has 18 heavy (non-hydrogen) atoms. The van der Waals surface area contributed by atoms with Crippen LogP contribution < -0.4 is 5.06 Å². The van der Waals surface area contributed by atoms with Crippen LogP contribution in [0.4, 0.5) is 5.69 Å². The average Bonchev–Trinajstić information content (AvgIpc) is 2.54.